The van der Waals surface area contributed by atoms with E-state index >= 15 is 0 Å². The summed E-state index contributed by atoms with van der Waals surface area (Å²) >= 11 is 0. The van der Waals surface area contributed by atoms with Gasteiger partial charge in [-0.05, 0) is 62.4 Å². The molecule has 0 aromatic heterocycles. The SMILES string of the molecule is CCOc1ccc(CCCC[C@@](O)(C(=O)OC)C(=O)N2CCN(c3ccccc3F)CC2)cc1. The largest absolute Gasteiger partial charge is 0.494 e. The number of carbonyl (C=O) groups excluding carboxylic acids is 2. The summed E-state index contributed by atoms with van der Waals surface area (Å²) in [5.41, 5.74) is -0.638. The highest BCUT2D eigenvalue weighted by Gasteiger charge is 2.47. The van der Waals surface area contributed by atoms with Gasteiger partial charge in [-0.3, -0.25) is 4.79 Å². The van der Waals surface area contributed by atoms with E-state index in [2.05, 4.69) is 0 Å². The first-order valence-electron chi connectivity index (χ1n) is 11.7. The number of esters is 1. The van der Waals surface area contributed by atoms with E-state index in [0.29, 0.717) is 38.2 Å². The van der Waals surface area contributed by atoms with Crippen LogP contribution in [-0.2, 0) is 20.7 Å². The zero-order valence-electron chi connectivity index (χ0n) is 19.8. The Balaban J connectivity index is 1.55. The summed E-state index contributed by atoms with van der Waals surface area (Å²) in [6.07, 6.45) is 1.89. The summed E-state index contributed by atoms with van der Waals surface area (Å²) in [4.78, 5) is 28.9. The van der Waals surface area contributed by atoms with E-state index < -0.39 is 17.5 Å². The van der Waals surface area contributed by atoms with Crippen LogP contribution in [0.4, 0.5) is 10.1 Å². The number of anilines is 1. The molecule has 1 aliphatic heterocycles. The van der Waals surface area contributed by atoms with Crippen molar-refractivity contribution in [2.45, 2.75) is 38.2 Å². The highest BCUT2D eigenvalue weighted by molar-refractivity contribution is 6.05. The molecule has 0 radical (unpaired) electrons. The maximum absolute atomic E-state index is 14.1. The quantitative estimate of drug-likeness (QED) is 0.325. The van der Waals surface area contributed by atoms with E-state index in [1.165, 1.54) is 11.0 Å². The second kappa shape index (κ2) is 11.8. The van der Waals surface area contributed by atoms with Crippen LogP contribution in [0.25, 0.3) is 0 Å². The second-order valence-corrected chi connectivity index (χ2v) is 8.37. The van der Waals surface area contributed by atoms with Gasteiger partial charge in [0.25, 0.3) is 5.91 Å². The van der Waals surface area contributed by atoms with Crippen molar-refractivity contribution < 1.29 is 28.6 Å². The van der Waals surface area contributed by atoms with Crippen molar-refractivity contribution >= 4 is 17.6 Å². The minimum atomic E-state index is -2.23. The molecule has 1 saturated heterocycles. The van der Waals surface area contributed by atoms with Crippen molar-refractivity contribution in [3.8, 4) is 5.75 Å². The first-order chi connectivity index (χ1) is 16.4. The number of aryl methyl sites for hydroxylation is 1. The van der Waals surface area contributed by atoms with Crippen molar-refractivity contribution in [1.29, 1.82) is 0 Å². The number of para-hydroxylation sites is 1. The predicted molar refractivity (Wildman–Crippen MR) is 127 cm³/mol. The number of amides is 1. The number of unbranched alkanes of at least 4 members (excludes halogenated alkanes) is 1. The standard InChI is InChI=1S/C26H33FN2O5/c1-3-34-21-13-11-20(12-14-21)8-6-7-15-26(32,25(31)33-2)24(30)29-18-16-28(17-19-29)23-10-5-4-9-22(23)27/h4-5,9-14,32H,3,6-8,15-19H2,1-2H3/t26-/m0/s1. The van der Waals surface area contributed by atoms with Gasteiger partial charge in [-0.1, -0.05) is 24.3 Å². The third-order valence-corrected chi connectivity index (χ3v) is 6.13. The molecule has 1 fully saturated rings. The van der Waals surface area contributed by atoms with E-state index in [-0.39, 0.29) is 25.3 Å². The molecule has 8 heteroatoms. The van der Waals surface area contributed by atoms with E-state index in [1.807, 2.05) is 36.1 Å². The Morgan fingerprint density at radius 3 is 2.32 bits per heavy atom. The van der Waals surface area contributed by atoms with Crippen molar-refractivity contribution in [3.05, 3.63) is 59.9 Å². The second-order valence-electron chi connectivity index (χ2n) is 8.37. The zero-order chi connectivity index (χ0) is 24.6. The van der Waals surface area contributed by atoms with Gasteiger partial charge in [0.15, 0.2) is 0 Å². The maximum Gasteiger partial charge on any atom is 0.347 e. The Bertz CT molecular complexity index is 960. The van der Waals surface area contributed by atoms with E-state index in [0.717, 1.165) is 24.8 Å². The third kappa shape index (κ3) is 6.05. The number of nitrogens with zero attached hydrogens (tertiary/aromatic N) is 2. The van der Waals surface area contributed by atoms with Crippen LogP contribution in [-0.4, -0.2) is 67.4 Å². The molecule has 1 N–H and O–H groups in total. The van der Waals surface area contributed by atoms with Gasteiger partial charge in [-0.2, -0.15) is 0 Å². The molecule has 1 aliphatic rings. The first-order valence-corrected chi connectivity index (χ1v) is 11.7. The van der Waals surface area contributed by atoms with Gasteiger partial charge in [-0.15, -0.1) is 0 Å². The zero-order valence-corrected chi connectivity index (χ0v) is 19.8. The van der Waals surface area contributed by atoms with Gasteiger partial charge in [0.05, 0.1) is 19.4 Å². The Morgan fingerprint density at radius 2 is 1.71 bits per heavy atom. The van der Waals surface area contributed by atoms with Crippen LogP contribution in [0.15, 0.2) is 48.5 Å². The predicted octanol–water partition coefficient (Wildman–Crippen LogP) is 3.19. The summed E-state index contributed by atoms with van der Waals surface area (Å²) in [6, 6.07) is 14.3. The number of piperazine rings is 1. The van der Waals surface area contributed by atoms with Crippen molar-refractivity contribution in [1.82, 2.24) is 4.90 Å². The van der Waals surface area contributed by atoms with Crippen molar-refractivity contribution in [3.63, 3.8) is 0 Å². The van der Waals surface area contributed by atoms with E-state index in [9.17, 15) is 19.1 Å². The summed E-state index contributed by atoms with van der Waals surface area (Å²) in [7, 11) is 1.16. The lowest BCUT2D eigenvalue weighted by molar-refractivity contribution is -0.175. The number of aliphatic hydroxyl groups is 1. The molecule has 2 aromatic carbocycles. The van der Waals surface area contributed by atoms with Crippen LogP contribution in [0.2, 0.25) is 0 Å². The van der Waals surface area contributed by atoms with Gasteiger partial charge in [-0.25, -0.2) is 9.18 Å². The van der Waals surface area contributed by atoms with E-state index in [4.69, 9.17) is 9.47 Å². The molecule has 3 rings (SSSR count). The number of carbonyl (C=O) groups is 2. The number of benzene rings is 2. The number of hydrogen-bond acceptors (Lipinski definition) is 6. The summed E-state index contributed by atoms with van der Waals surface area (Å²) < 4.78 is 24.3. The summed E-state index contributed by atoms with van der Waals surface area (Å²) in [5.74, 6) is -1.11. The normalized spacial score (nSPS) is 15.5. The van der Waals surface area contributed by atoms with Crippen molar-refractivity contribution in [2.75, 3.05) is 44.8 Å². The molecule has 0 spiro atoms. The van der Waals surface area contributed by atoms with Crippen LogP contribution in [0.5, 0.6) is 5.75 Å². The fourth-order valence-electron chi connectivity index (χ4n) is 4.21. The smallest absolute Gasteiger partial charge is 0.347 e. The molecule has 1 atom stereocenters. The lowest BCUT2D eigenvalue weighted by atomic mass is 9.93. The Labute approximate surface area is 200 Å². The monoisotopic (exact) mass is 472 g/mol. The molecule has 0 saturated carbocycles. The number of hydrogen-bond donors (Lipinski definition) is 1. The molecule has 0 unspecified atom stereocenters. The highest BCUT2D eigenvalue weighted by atomic mass is 19.1. The fourth-order valence-corrected chi connectivity index (χ4v) is 4.21. The lowest BCUT2D eigenvalue weighted by Crippen LogP contribution is -2.59. The molecule has 2 aromatic rings. The molecular formula is C26H33FN2O5. The Hall–Kier alpha value is -3.13. The lowest BCUT2D eigenvalue weighted by Gasteiger charge is -2.39. The van der Waals surface area contributed by atoms with Crippen molar-refractivity contribution in [2.24, 2.45) is 0 Å². The van der Waals surface area contributed by atoms with Crippen LogP contribution < -0.4 is 9.64 Å². The molecule has 0 aliphatic carbocycles. The molecule has 184 valence electrons. The number of rotatable bonds is 10. The average Bonchev–Trinajstić information content (AvgIpc) is 2.87. The molecule has 1 heterocycles. The fraction of sp³-hybridized carbons (Fsp3) is 0.462. The van der Waals surface area contributed by atoms with Crippen LogP contribution in [0.3, 0.4) is 0 Å². The van der Waals surface area contributed by atoms with Crippen LogP contribution in [0, 0.1) is 5.82 Å². The Kier molecular flexibility index (Phi) is 8.87. The van der Waals surface area contributed by atoms with Gasteiger partial charge in [0, 0.05) is 26.2 Å². The molecular weight excluding hydrogens is 439 g/mol. The van der Waals surface area contributed by atoms with Crippen LogP contribution in [0.1, 0.15) is 31.7 Å². The van der Waals surface area contributed by atoms with Gasteiger partial charge < -0.3 is 24.4 Å². The molecule has 1 amide bonds. The maximum atomic E-state index is 14.1. The van der Waals surface area contributed by atoms with Gasteiger partial charge in [0.1, 0.15) is 11.6 Å². The first kappa shape index (κ1) is 25.5. The topological polar surface area (TPSA) is 79.3 Å². The highest BCUT2D eigenvalue weighted by Crippen LogP contribution is 2.24. The number of ether oxygens (including phenoxy) is 2. The van der Waals surface area contributed by atoms with E-state index in [1.54, 1.807) is 18.2 Å². The molecule has 34 heavy (non-hydrogen) atoms. The average molecular weight is 473 g/mol. The van der Waals surface area contributed by atoms with Crippen LogP contribution >= 0.6 is 0 Å². The number of halogens is 1. The minimum Gasteiger partial charge on any atom is -0.494 e. The number of methoxy groups -OCH3 is 1. The third-order valence-electron chi connectivity index (χ3n) is 6.13. The van der Waals surface area contributed by atoms with Gasteiger partial charge in [0.2, 0.25) is 5.60 Å². The minimum absolute atomic E-state index is 0.0247. The molecule has 0 bridgehead atoms. The van der Waals surface area contributed by atoms with Gasteiger partial charge >= 0.3 is 5.97 Å². The Morgan fingerprint density at radius 1 is 1.03 bits per heavy atom. The summed E-state index contributed by atoms with van der Waals surface area (Å²) in [6.45, 7) is 3.90. The summed E-state index contributed by atoms with van der Waals surface area (Å²) in [5, 5.41) is 11.1. The molecule has 7 nitrogen and oxygen atoms in total.